The first-order chi connectivity index (χ1) is 11.8. The molecule has 0 saturated carbocycles. The lowest BCUT2D eigenvalue weighted by atomic mass is 10.2. The number of hydrogen-bond acceptors (Lipinski definition) is 6. The van der Waals surface area contributed by atoms with Gasteiger partial charge in [0.25, 0.3) is 0 Å². The molecule has 0 spiro atoms. The summed E-state index contributed by atoms with van der Waals surface area (Å²) in [4.78, 5) is 4.53. The van der Waals surface area contributed by atoms with Crippen molar-refractivity contribution in [3.63, 3.8) is 0 Å². The second-order valence-corrected chi connectivity index (χ2v) is 5.77. The third kappa shape index (κ3) is 3.91. The Morgan fingerprint density at radius 3 is 2.21 bits per heavy atom. The monoisotopic (exact) mass is 339 g/mol. The third-order valence-corrected chi connectivity index (χ3v) is 4.13. The molecule has 1 heterocycles. The van der Waals surface area contributed by atoms with Crippen LogP contribution in [0.3, 0.4) is 0 Å². The lowest BCUT2D eigenvalue weighted by Crippen LogP contribution is -1.90. The number of methoxy groups -OCH3 is 2. The Labute approximate surface area is 144 Å². The van der Waals surface area contributed by atoms with Crippen LogP contribution in [-0.2, 0) is 0 Å². The van der Waals surface area contributed by atoms with Crippen molar-refractivity contribution in [1.29, 1.82) is 0 Å². The van der Waals surface area contributed by atoms with Crippen LogP contribution in [-0.4, -0.2) is 25.4 Å². The van der Waals surface area contributed by atoms with Crippen LogP contribution < -0.4 is 14.9 Å². The Morgan fingerprint density at radius 2 is 1.58 bits per heavy atom. The van der Waals surface area contributed by atoms with Gasteiger partial charge in [0.15, 0.2) is 0 Å². The second-order valence-electron chi connectivity index (χ2n) is 4.91. The topological polar surface area (TPSA) is 55.7 Å². The summed E-state index contributed by atoms with van der Waals surface area (Å²) in [7, 11) is 3.30. The summed E-state index contributed by atoms with van der Waals surface area (Å²) in [6.45, 7) is 0. The van der Waals surface area contributed by atoms with Gasteiger partial charge in [-0.3, -0.25) is 5.43 Å². The zero-order chi connectivity index (χ0) is 16.8. The van der Waals surface area contributed by atoms with Gasteiger partial charge in [-0.15, -0.1) is 11.3 Å². The number of hydrazone groups is 1. The molecule has 1 aromatic heterocycles. The van der Waals surface area contributed by atoms with Crippen LogP contribution in [0.15, 0.2) is 59.0 Å². The van der Waals surface area contributed by atoms with E-state index in [0.29, 0.717) is 0 Å². The smallest absolute Gasteiger partial charge is 0.203 e. The molecular weight excluding hydrogens is 322 g/mol. The zero-order valence-corrected chi connectivity index (χ0v) is 14.2. The highest BCUT2D eigenvalue weighted by Gasteiger charge is 2.04. The van der Waals surface area contributed by atoms with Gasteiger partial charge in [0.2, 0.25) is 5.13 Å². The van der Waals surface area contributed by atoms with Crippen molar-refractivity contribution in [2.24, 2.45) is 5.10 Å². The molecule has 2 aromatic carbocycles. The van der Waals surface area contributed by atoms with Gasteiger partial charge in [-0.1, -0.05) is 0 Å². The predicted octanol–water partition coefficient (Wildman–Crippen LogP) is 4.27. The summed E-state index contributed by atoms with van der Waals surface area (Å²) in [5, 5.41) is 6.95. The molecule has 5 nitrogen and oxygen atoms in total. The Kier molecular flexibility index (Phi) is 5.08. The summed E-state index contributed by atoms with van der Waals surface area (Å²) < 4.78 is 10.3. The van der Waals surface area contributed by atoms with Gasteiger partial charge in [-0.25, -0.2) is 4.98 Å². The predicted molar refractivity (Wildman–Crippen MR) is 98.3 cm³/mol. The van der Waals surface area contributed by atoms with Crippen molar-refractivity contribution in [2.45, 2.75) is 0 Å². The largest absolute Gasteiger partial charge is 0.497 e. The molecule has 0 atom stereocenters. The first-order valence-corrected chi connectivity index (χ1v) is 8.19. The van der Waals surface area contributed by atoms with Gasteiger partial charge in [0, 0.05) is 10.9 Å². The number of anilines is 1. The number of nitrogens with zero attached hydrogens (tertiary/aromatic N) is 2. The number of nitrogens with one attached hydrogen (secondary N) is 1. The Bertz CT molecular complexity index is 811. The molecule has 0 unspecified atom stereocenters. The summed E-state index contributed by atoms with van der Waals surface area (Å²) >= 11 is 1.51. The quantitative estimate of drug-likeness (QED) is 0.538. The summed E-state index contributed by atoms with van der Waals surface area (Å²) in [5.74, 6) is 1.65. The molecule has 122 valence electrons. The number of rotatable bonds is 6. The highest BCUT2D eigenvalue weighted by molar-refractivity contribution is 7.14. The van der Waals surface area contributed by atoms with E-state index in [-0.39, 0.29) is 0 Å². The molecule has 0 amide bonds. The molecule has 24 heavy (non-hydrogen) atoms. The minimum atomic E-state index is 0.741. The number of benzene rings is 2. The Balaban J connectivity index is 1.63. The van der Waals surface area contributed by atoms with Gasteiger partial charge >= 0.3 is 0 Å². The third-order valence-electron chi connectivity index (χ3n) is 3.38. The van der Waals surface area contributed by atoms with Crippen LogP contribution in [0.2, 0.25) is 0 Å². The summed E-state index contributed by atoms with van der Waals surface area (Å²) in [6, 6.07) is 15.5. The Hall–Kier alpha value is -2.86. The molecule has 0 aliphatic heterocycles. The normalized spacial score (nSPS) is 10.8. The van der Waals surface area contributed by atoms with Gasteiger partial charge in [-0.05, 0) is 54.1 Å². The standard InChI is InChI=1S/C18H17N3O2S/c1-22-15-7-3-13(4-8-15)11-19-21-18-20-17(12-24-18)14-5-9-16(23-2)10-6-14/h3-12H,1-2H3,(H,20,21)/b19-11-. The average molecular weight is 339 g/mol. The molecular formula is C18H17N3O2S. The van der Waals surface area contributed by atoms with Crippen molar-refractivity contribution < 1.29 is 9.47 Å². The molecule has 0 aliphatic carbocycles. The summed E-state index contributed by atoms with van der Waals surface area (Å²) in [5.41, 5.74) is 5.89. The highest BCUT2D eigenvalue weighted by atomic mass is 32.1. The first-order valence-electron chi connectivity index (χ1n) is 7.31. The van der Waals surface area contributed by atoms with E-state index in [9.17, 15) is 0 Å². The van der Waals surface area contributed by atoms with Crippen molar-refractivity contribution in [3.05, 3.63) is 59.5 Å². The van der Waals surface area contributed by atoms with Crippen LogP contribution in [0.5, 0.6) is 11.5 Å². The number of hydrogen-bond donors (Lipinski definition) is 1. The number of thiazole rings is 1. The van der Waals surface area contributed by atoms with E-state index in [1.165, 1.54) is 11.3 Å². The molecule has 3 aromatic rings. The minimum absolute atomic E-state index is 0.741. The average Bonchev–Trinajstić information content (AvgIpc) is 3.11. The zero-order valence-electron chi connectivity index (χ0n) is 13.4. The van der Waals surface area contributed by atoms with E-state index >= 15 is 0 Å². The second kappa shape index (κ2) is 7.61. The van der Waals surface area contributed by atoms with E-state index < -0.39 is 0 Å². The fourth-order valence-corrected chi connectivity index (χ4v) is 2.74. The molecule has 0 radical (unpaired) electrons. The van der Waals surface area contributed by atoms with Crippen molar-refractivity contribution >= 4 is 22.7 Å². The molecule has 0 bridgehead atoms. The van der Waals surface area contributed by atoms with Crippen molar-refractivity contribution in [1.82, 2.24) is 4.98 Å². The summed E-state index contributed by atoms with van der Waals surface area (Å²) in [6.07, 6.45) is 1.74. The van der Waals surface area contributed by atoms with Crippen LogP contribution in [0.4, 0.5) is 5.13 Å². The van der Waals surface area contributed by atoms with Crippen LogP contribution in [0, 0.1) is 0 Å². The van der Waals surface area contributed by atoms with Crippen molar-refractivity contribution in [2.75, 3.05) is 19.6 Å². The lowest BCUT2D eigenvalue weighted by Gasteiger charge is -2.00. The maximum atomic E-state index is 5.16. The maximum absolute atomic E-state index is 5.16. The van der Waals surface area contributed by atoms with E-state index in [2.05, 4.69) is 15.5 Å². The highest BCUT2D eigenvalue weighted by Crippen LogP contribution is 2.26. The van der Waals surface area contributed by atoms with E-state index in [1.54, 1.807) is 20.4 Å². The Morgan fingerprint density at radius 1 is 0.958 bits per heavy atom. The molecule has 0 aliphatic rings. The van der Waals surface area contributed by atoms with Gasteiger partial charge in [-0.2, -0.15) is 5.10 Å². The van der Waals surface area contributed by atoms with E-state index in [1.807, 2.05) is 53.9 Å². The molecule has 0 saturated heterocycles. The molecule has 6 heteroatoms. The molecule has 1 N–H and O–H groups in total. The van der Waals surface area contributed by atoms with Crippen LogP contribution in [0.25, 0.3) is 11.3 Å². The molecule has 3 rings (SSSR count). The molecule has 0 fully saturated rings. The lowest BCUT2D eigenvalue weighted by molar-refractivity contribution is 0.414. The van der Waals surface area contributed by atoms with Gasteiger partial charge < -0.3 is 9.47 Å². The van der Waals surface area contributed by atoms with Crippen molar-refractivity contribution in [3.8, 4) is 22.8 Å². The SMILES string of the molecule is COc1ccc(/C=N\Nc2nc(-c3ccc(OC)cc3)cs2)cc1. The first kappa shape index (κ1) is 16.0. The fraction of sp³-hybridized carbons (Fsp3) is 0.111. The minimum Gasteiger partial charge on any atom is -0.497 e. The van der Waals surface area contributed by atoms with E-state index in [4.69, 9.17) is 9.47 Å². The maximum Gasteiger partial charge on any atom is 0.203 e. The fourth-order valence-electron chi connectivity index (χ4n) is 2.07. The van der Waals surface area contributed by atoms with Gasteiger partial charge in [0.1, 0.15) is 11.5 Å². The van der Waals surface area contributed by atoms with Crippen LogP contribution >= 0.6 is 11.3 Å². The van der Waals surface area contributed by atoms with Gasteiger partial charge in [0.05, 0.1) is 26.1 Å². The number of ether oxygens (including phenoxy) is 2. The number of aromatic nitrogens is 1. The van der Waals surface area contributed by atoms with E-state index in [0.717, 1.165) is 33.5 Å². The van der Waals surface area contributed by atoms with Crippen LogP contribution in [0.1, 0.15) is 5.56 Å².